The van der Waals surface area contributed by atoms with Gasteiger partial charge in [0.25, 0.3) is 0 Å². The Kier molecular flexibility index (Phi) is 21.8. The molecular formula is C36H33Cl7O12. The Bertz CT molecular complexity index is 1850. The number of esters is 1. The molecule has 19 heteroatoms. The van der Waals surface area contributed by atoms with Gasteiger partial charge < -0.3 is 39.0 Å². The Morgan fingerprint density at radius 2 is 1.04 bits per heavy atom. The van der Waals surface area contributed by atoms with Crippen molar-refractivity contribution in [3.8, 4) is 28.7 Å². The van der Waals surface area contributed by atoms with Gasteiger partial charge in [-0.1, -0.05) is 81.2 Å². The molecule has 4 rings (SSSR count). The molecule has 0 radical (unpaired) electrons. The number of carbonyl (C=O) groups is 4. The molecule has 2 atom stereocenters. The minimum Gasteiger partial charge on any atom is -0.480 e. The minimum absolute atomic E-state index is 0.300. The number of hydrogen-bond donors (Lipinski definition) is 3. The van der Waals surface area contributed by atoms with E-state index in [0.717, 1.165) is 0 Å². The quantitative estimate of drug-likeness (QED) is 0.0908. The van der Waals surface area contributed by atoms with Gasteiger partial charge in [0, 0.05) is 15.1 Å². The Balaban J connectivity index is 0.000000396. The van der Waals surface area contributed by atoms with Crippen molar-refractivity contribution in [1.82, 2.24) is 0 Å². The first-order valence-corrected chi connectivity index (χ1v) is 17.8. The number of alkyl halides is 2. The molecular weight excluding hydrogens is 873 g/mol. The van der Waals surface area contributed by atoms with E-state index >= 15 is 0 Å². The average Bonchev–Trinajstić information content (AvgIpc) is 3.10. The van der Waals surface area contributed by atoms with Gasteiger partial charge in [-0.3, -0.25) is 0 Å². The third kappa shape index (κ3) is 20.5. The average molecular weight is 906 g/mol. The molecule has 12 nitrogen and oxygen atoms in total. The molecule has 2 unspecified atom stereocenters. The molecule has 0 saturated carbocycles. The zero-order valence-electron chi connectivity index (χ0n) is 29.1. The molecule has 0 saturated heterocycles. The number of methoxy groups -OCH3 is 1. The first kappa shape index (κ1) is 49.0. The van der Waals surface area contributed by atoms with Gasteiger partial charge >= 0.3 is 23.9 Å². The Morgan fingerprint density at radius 3 is 1.44 bits per heavy atom. The fraction of sp³-hybridized carbons (Fsp3) is 0.222. The van der Waals surface area contributed by atoms with E-state index in [-0.39, 0.29) is 0 Å². The van der Waals surface area contributed by atoms with E-state index < -0.39 is 47.0 Å². The molecule has 0 aromatic heterocycles. The van der Waals surface area contributed by atoms with Crippen LogP contribution in [0.3, 0.4) is 0 Å². The molecule has 298 valence electrons. The van der Waals surface area contributed by atoms with E-state index in [1.54, 1.807) is 79.7 Å². The maximum Gasteiger partial charge on any atom is 0.346 e. The summed E-state index contributed by atoms with van der Waals surface area (Å²) >= 11 is 38.9. The molecule has 55 heavy (non-hydrogen) atoms. The van der Waals surface area contributed by atoms with E-state index in [4.69, 9.17) is 115 Å². The predicted molar refractivity (Wildman–Crippen MR) is 212 cm³/mol. The summed E-state index contributed by atoms with van der Waals surface area (Å²) in [4.78, 5) is 41.6. The van der Waals surface area contributed by atoms with Crippen molar-refractivity contribution in [2.24, 2.45) is 0 Å². The van der Waals surface area contributed by atoms with Crippen molar-refractivity contribution >= 4 is 105 Å². The first-order valence-electron chi connectivity index (χ1n) is 15.2. The van der Waals surface area contributed by atoms with Crippen LogP contribution < -0.4 is 18.9 Å². The highest BCUT2D eigenvalue weighted by Gasteiger charge is 2.25. The summed E-state index contributed by atoms with van der Waals surface area (Å²) in [6.07, 6.45) is -1.52. The van der Waals surface area contributed by atoms with E-state index in [1.807, 2.05) is 0 Å². The normalized spacial score (nSPS) is 11.3. The maximum atomic E-state index is 11.3. The number of carboxylic acids is 3. The van der Waals surface area contributed by atoms with Crippen molar-refractivity contribution in [2.45, 2.75) is 37.3 Å². The molecule has 0 aliphatic rings. The van der Waals surface area contributed by atoms with Crippen molar-refractivity contribution < 1.29 is 58.2 Å². The van der Waals surface area contributed by atoms with Gasteiger partial charge in [0.1, 0.15) is 28.7 Å². The number of ether oxygens (including phenoxy) is 5. The number of carbonyl (C=O) groups excluding carboxylic acids is 1. The van der Waals surface area contributed by atoms with Crippen LogP contribution in [0.15, 0.2) is 84.9 Å². The van der Waals surface area contributed by atoms with Crippen molar-refractivity contribution in [3.63, 3.8) is 0 Å². The topological polar surface area (TPSA) is 175 Å². The molecule has 0 bridgehead atoms. The molecule has 0 aliphatic heterocycles. The van der Waals surface area contributed by atoms with Crippen LogP contribution in [-0.4, -0.2) is 69.5 Å². The highest BCUT2D eigenvalue weighted by atomic mass is 35.5. The molecule has 0 heterocycles. The molecule has 0 fully saturated rings. The zero-order chi connectivity index (χ0) is 41.9. The molecule has 4 aromatic rings. The van der Waals surface area contributed by atoms with Crippen LogP contribution in [0.2, 0.25) is 25.1 Å². The first-order chi connectivity index (χ1) is 25.6. The standard InChI is InChI=1S/C16H14Cl2O4.C9H9ClO3.C8H6Cl2O3.C3H4Cl2O2/c1-10(16(19)20-2)21-12-4-6-13(7-5-12)22-15-8-3-11(17)9-14(15)18;1-6(9(11)12)13-8-4-2-7(10)3-5-8;9-5-1-2-7(6(10)3-5)13-4-8(11)12;1-3(4,5)2(6)7/h3-10H,1-2H3;2-6H,1H3,(H,11,12);1-3H,4H2,(H,11,12);1H3,(H,6,7). The van der Waals surface area contributed by atoms with Gasteiger partial charge in [-0.15, -0.1) is 0 Å². The number of halogens is 7. The zero-order valence-corrected chi connectivity index (χ0v) is 34.4. The Morgan fingerprint density at radius 1 is 0.636 bits per heavy atom. The smallest absolute Gasteiger partial charge is 0.346 e. The van der Waals surface area contributed by atoms with E-state index in [1.165, 1.54) is 33.1 Å². The number of carboxylic acid groups (broad SMARTS) is 3. The fourth-order valence-electron chi connectivity index (χ4n) is 3.19. The van der Waals surface area contributed by atoms with Crippen LogP contribution in [0.1, 0.15) is 20.8 Å². The van der Waals surface area contributed by atoms with Gasteiger partial charge in [-0.05, 0) is 106 Å². The Labute approximate surface area is 351 Å². The summed E-state index contributed by atoms with van der Waals surface area (Å²) in [5.74, 6) is -1.27. The van der Waals surface area contributed by atoms with Crippen LogP contribution in [0.25, 0.3) is 0 Å². The summed E-state index contributed by atoms with van der Waals surface area (Å²) < 4.78 is 24.0. The van der Waals surface area contributed by atoms with E-state index in [2.05, 4.69) is 4.74 Å². The lowest BCUT2D eigenvalue weighted by atomic mass is 10.3. The van der Waals surface area contributed by atoms with Crippen LogP contribution in [0.4, 0.5) is 0 Å². The lowest BCUT2D eigenvalue weighted by Gasteiger charge is -2.13. The molecule has 0 spiro atoms. The Hall–Kier alpha value is -4.01. The van der Waals surface area contributed by atoms with Crippen molar-refractivity contribution in [1.29, 1.82) is 0 Å². The molecule has 0 aliphatic carbocycles. The van der Waals surface area contributed by atoms with Crippen LogP contribution >= 0.6 is 81.2 Å². The second-order valence-electron chi connectivity index (χ2n) is 10.4. The van der Waals surface area contributed by atoms with Gasteiger partial charge in [-0.2, -0.15) is 0 Å². The minimum atomic E-state index is -1.64. The van der Waals surface area contributed by atoms with Gasteiger partial charge in [0.15, 0.2) is 18.8 Å². The van der Waals surface area contributed by atoms with Gasteiger partial charge in [-0.25, -0.2) is 19.2 Å². The monoisotopic (exact) mass is 902 g/mol. The highest BCUT2D eigenvalue weighted by Crippen LogP contribution is 2.32. The third-order valence-electron chi connectivity index (χ3n) is 5.89. The lowest BCUT2D eigenvalue weighted by molar-refractivity contribution is -0.148. The number of benzene rings is 4. The number of aliphatic carboxylic acids is 3. The summed E-state index contributed by atoms with van der Waals surface area (Å²) in [5, 5.41) is 27.2. The molecule has 3 N–H and O–H groups in total. The SMILES string of the molecule is CC(Cl)(Cl)C(=O)O.CC(Oc1ccc(Cl)cc1)C(=O)O.COC(=O)C(C)Oc1ccc(Oc2ccc(Cl)cc2Cl)cc1.O=C(O)COc1ccc(Cl)cc1Cl. The molecule has 4 aromatic carbocycles. The van der Waals surface area contributed by atoms with Crippen LogP contribution in [0, 0.1) is 0 Å². The second kappa shape index (κ2) is 24.5. The number of hydrogen-bond acceptors (Lipinski definition) is 9. The lowest BCUT2D eigenvalue weighted by Crippen LogP contribution is -2.24. The number of rotatable bonds is 12. The third-order valence-corrected chi connectivity index (χ3v) is 7.52. The fourth-order valence-corrected chi connectivity index (χ4v) is 4.22. The summed E-state index contributed by atoms with van der Waals surface area (Å²) in [7, 11) is 1.31. The summed E-state index contributed by atoms with van der Waals surface area (Å²) in [6.45, 7) is 3.86. The summed E-state index contributed by atoms with van der Waals surface area (Å²) in [6, 6.07) is 22.9. The largest absolute Gasteiger partial charge is 0.480 e. The van der Waals surface area contributed by atoms with Crippen LogP contribution in [-0.2, 0) is 23.9 Å². The van der Waals surface area contributed by atoms with Crippen molar-refractivity contribution in [3.05, 3.63) is 110 Å². The van der Waals surface area contributed by atoms with E-state index in [0.29, 0.717) is 53.9 Å². The van der Waals surface area contributed by atoms with E-state index in [9.17, 15) is 19.2 Å². The van der Waals surface area contributed by atoms with Crippen LogP contribution in [0.5, 0.6) is 28.7 Å². The highest BCUT2D eigenvalue weighted by molar-refractivity contribution is 6.57. The van der Waals surface area contributed by atoms with Gasteiger partial charge in [0.2, 0.25) is 4.33 Å². The maximum absolute atomic E-state index is 11.3. The van der Waals surface area contributed by atoms with Crippen molar-refractivity contribution in [2.75, 3.05) is 13.7 Å². The predicted octanol–water partition coefficient (Wildman–Crippen LogP) is 10.6. The summed E-state index contributed by atoms with van der Waals surface area (Å²) in [5.41, 5.74) is 0. The van der Waals surface area contributed by atoms with Gasteiger partial charge in [0.05, 0.1) is 17.2 Å². The second-order valence-corrected chi connectivity index (χ2v) is 14.3. The molecule has 0 amide bonds.